The minimum atomic E-state index is -0.844. The number of rotatable bonds is 5. The number of aromatic nitrogens is 3. The van der Waals surface area contributed by atoms with Gasteiger partial charge in [-0.1, -0.05) is 17.9 Å². The van der Waals surface area contributed by atoms with E-state index < -0.39 is 29.0 Å². The molecule has 1 amide bonds. The first-order chi connectivity index (χ1) is 17.2. The van der Waals surface area contributed by atoms with Crippen molar-refractivity contribution in [2.45, 2.75) is 30.7 Å². The first-order valence-electron chi connectivity index (χ1n) is 11.4. The van der Waals surface area contributed by atoms with Gasteiger partial charge in [0.15, 0.2) is 0 Å². The Morgan fingerprint density at radius 3 is 2.75 bits per heavy atom. The van der Waals surface area contributed by atoms with E-state index in [0.29, 0.717) is 16.6 Å². The molecule has 0 bridgehead atoms. The molecule has 4 aromatic rings. The molecule has 3 heterocycles. The van der Waals surface area contributed by atoms with Crippen LogP contribution in [0.5, 0.6) is 0 Å². The molecule has 9 heteroatoms. The minimum absolute atomic E-state index is 0.0141. The number of carbonyl (C=O) groups excluding carboxylic acids is 1. The molecule has 1 fully saturated rings. The van der Waals surface area contributed by atoms with E-state index in [1.54, 1.807) is 25.4 Å². The summed E-state index contributed by atoms with van der Waals surface area (Å²) in [7, 11) is 1.58. The highest BCUT2D eigenvalue weighted by atomic mass is 19.1. The van der Waals surface area contributed by atoms with Gasteiger partial charge in [0.05, 0.1) is 11.1 Å². The average Bonchev–Trinajstić information content (AvgIpc) is 3.43. The van der Waals surface area contributed by atoms with Crippen LogP contribution < -0.4 is 17.0 Å². The summed E-state index contributed by atoms with van der Waals surface area (Å²) < 4.78 is 30.2. The van der Waals surface area contributed by atoms with Gasteiger partial charge in [-0.05, 0) is 48.7 Å². The second-order valence-corrected chi connectivity index (χ2v) is 9.12. The SMILES string of the molecule is Cn1cccc(C(CC#Cc2c(C(N)=O)cnc3[nH]c(C4(N)CC4)cc23)c2cc(F)ccc2F)c1=O. The van der Waals surface area contributed by atoms with E-state index in [9.17, 15) is 18.4 Å². The highest BCUT2D eigenvalue weighted by Gasteiger charge is 2.41. The maximum atomic E-state index is 14.8. The van der Waals surface area contributed by atoms with Crippen molar-refractivity contribution in [1.29, 1.82) is 0 Å². The van der Waals surface area contributed by atoms with E-state index in [0.717, 1.165) is 36.7 Å². The van der Waals surface area contributed by atoms with Crippen LogP contribution in [0.3, 0.4) is 0 Å². The third-order valence-corrected chi connectivity index (χ3v) is 6.63. The summed E-state index contributed by atoms with van der Waals surface area (Å²) >= 11 is 0. The molecule has 5 rings (SSSR count). The number of hydrogen-bond acceptors (Lipinski definition) is 4. The van der Waals surface area contributed by atoms with Crippen molar-refractivity contribution in [3.05, 3.63) is 98.7 Å². The number of aromatic amines is 1. The maximum Gasteiger partial charge on any atom is 0.254 e. The number of primary amides is 1. The van der Waals surface area contributed by atoms with Gasteiger partial charge in [0.1, 0.15) is 17.3 Å². The molecule has 0 saturated heterocycles. The van der Waals surface area contributed by atoms with Crippen molar-refractivity contribution in [1.82, 2.24) is 14.5 Å². The van der Waals surface area contributed by atoms with Gasteiger partial charge in [-0.25, -0.2) is 13.8 Å². The van der Waals surface area contributed by atoms with Gasteiger partial charge in [0.25, 0.3) is 11.5 Å². The first-order valence-corrected chi connectivity index (χ1v) is 11.4. The number of fused-ring (bicyclic) bond motifs is 1. The Labute approximate surface area is 205 Å². The molecule has 7 nitrogen and oxygen atoms in total. The van der Waals surface area contributed by atoms with Gasteiger partial charge in [-0.15, -0.1) is 0 Å². The lowest BCUT2D eigenvalue weighted by molar-refractivity contribution is 0.1000. The van der Waals surface area contributed by atoms with Crippen molar-refractivity contribution in [3.63, 3.8) is 0 Å². The number of halogens is 2. The summed E-state index contributed by atoms with van der Waals surface area (Å²) in [4.78, 5) is 32.5. The fourth-order valence-electron chi connectivity index (χ4n) is 4.36. The van der Waals surface area contributed by atoms with E-state index in [1.165, 1.54) is 10.8 Å². The highest BCUT2D eigenvalue weighted by molar-refractivity contribution is 6.00. The maximum absolute atomic E-state index is 14.8. The Kier molecular flexibility index (Phi) is 5.69. The largest absolute Gasteiger partial charge is 0.366 e. The highest BCUT2D eigenvalue weighted by Crippen LogP contribution is 2.43. The van der Waals surface area contributed by atoms with Gasteiger partial charge in [-0.2, -0.15) is 0 Å². The fraction of sp³-hybridized carbons (Fsp3) is 0.222. The summed E-state index contributed by atoms with van der Waals surface area (Å²) in [5.74, 6) is 3.14. The molecule has 5 N–H and O–H groups in total. The molecular weight excluding hydrogens is 464 g/mol. The first kappa shape index (κ1) is 23.5. The summed E-state index contributed by atoms with van der Waals surface area (Å²) in [6.45, 7) is 0. The smallest absolute Gasteiger partial charge is 0.254 e. The molecule has 1 aliphatic rings. The molecule has 36 heavy (non-hydrogen) atoms. The summed E-state index contributed by atoms with van der Waals surface area (Å²) in [6.07, 6.45) is 4.57. The lowest BCUT2D eigenvalue weighted by Gasteiger charge is -2.16. The van der Waals surface area contributed by atoms with Crippen LogP contribution in [0.25, 0.3) is 11.0 Å². The van der Waals surface area contributed by atoms with Crippen molar-refractivity contribution in [2.24, 2.45) is 18.5 Å². The Morgan fingerprint density at radius 2 is 2.03 bits per heavy atom. The third kappa shape index (κ3) is 4.16. The number of nitrogens with two attached hydrogens (primary N) is 2. The molecule has 0 spiro atoms. The zero-order chi connectivity index (χ0) is 25.6. The van der Waals surface area contributed by atoms with Gasteiger partial charge in [0.2, 0.25) is 0 Å². The zero-order valence-electron chi connectivity index (χ0n) is 19.4. The summed E-state index contributed by atoms with van der Waals surface area (Å²) in [5.41, 5.74) is 13.2. The van der Waals surface area contributed by atoms with Crippen molar-refractivity contribution < 1.29 is 13.6 Å². The van der Waals surface area contributed by atoms with Crippen LogP contribution in [0, 0.1) is 23.5 Å². The zero-order valence-corrected chi connectivity index (χ0v) is 19.4. The number of pyridine rings is 2. The molecule has 1 aliphatic carbocycles. The van der Waals surface area contributed by atoms with Crippen LogP contribution in [0.2, 0.25) is 0 Å². The number of carbonyl (C=O) groups is 1. The number of nitrogens with one attached hydrogen (secondary N) is 1. The number of nitrogens with zero attached hydrogens (tertiary/aromatic N) is 2. The molecule has 0 aliphatic heterocycles. The number of H-pyrrole nitrogens is 1. The fourth-order valence-corrected chi connectivity index (χ4v) is 4.36. The van der Waals surface area contributed by atoms with Gasteiger partial charge < -0.3 is 21.0 Å². The quantitative estimate of drug-likeness (QED) is 0.375. The predicted molar refractivity (Wildman–Crippen MR) is 131 cm³/mol. The number of amides is 1. The molecule has 1 aromatic carbocycles. The van der Waals surface area contributed by atoms with Gasteiger partial charge in [0, 0.05) is 54.0 Å². The van der Waals surface area contributed by atoms with Crippen LogP contribution in [-0.4, -0.2) is 20.4 Å². The average molecular weight is 488 g/mol. The Morgan fingerprint density at radius 1 is 1.25 bits per heavy atom. The molecular formula is C27H23F2N5O2. The lowest BCUT2D eigenvalue weighted by Crippen LogP contribution is -2.23. The van der Waals surface area contributed by atoms with Crippen molar-refractivity contribution >= 4 is 16.9 Å². The van der Waals surface area contributed by atoms with Crippen LogP contribution >= 0.6 is 0 Å². The van der Waals surface area contributed by atoms with Crippen LogP contribution in [0.1, 0.15) is 57.9 Å². The Bertz CT molecular complexity index is 1640. The topological polar surface area (TPSA) is 120 Å². The minimum Gasteiger partial charge on any atom is -0.366 e. The predicted octanol–water partition coefficient (Wildman–Crippen LogP) is 3.16. The second kappa shape index (κ2) is 8.73. The Hall–Kier alpha value is -4.29. The second-order valence-electron chi connectivity index (χ2n) is 9.12. The standard InChI is InChI=1S/C27H23F2N5O2/c1-34-11-3-6-18(26(34)36)16(19-12-15(28)7-8-22(19)29)4-2-5-17-20-13-23(27(31)9-10-27)33-25(20)32-14-21(17)24(30)35/h3,6-8,11-14,16H,4,9-10,31H2,1H3,(H2,30,35)(H,32,33). The molecule has 3 aromatic heterocycles. The van der Waals surface area contributed by atoms with Crippen molar-refractivity contribution in [3.8, 4) is 11.8 Å². The number of hydrogen-bond donors (Lipinski definition) is 3. The third-order valence-electron chi connectivity index (χ3n) is 6.63. The molecule has 1 atom stereocenters. The normalized spacial score (nSPS) is 14.8. The van der Waals surface area contributed by atoms with E-state index in [2.05, 4.69) is 21.8 Å². The van der Waals surface area contributed by atoms with Gasteiger partial charge >= 0.3 is 0 Å². The lowest BCUT2D eigenvalue weighted by atomic mass is 9.88. The number of aryl methyl sites for hydroxylation is 1. The van der Waals surface area contributed by atoms with Gasteiger partial charge in [-0.3, -0.25) is 9.59 Å². The Balaban J connectivity index is 1.62. The van der Waals surface area contributed by atoms with Crippen LogP contribution in [-0.2, 0) is 12.6 Å². The van der Waals surface area contributed by atoms with E-state index in [1.807, 2.05) is 6.07 Å². The molecule has 0 radical (unpaired) electrons. The van der Waals surface area contributed by atoms with E-state index in [-0.39, 0.29) is 28.7 Å². The monoisotopic (exact) mass is 487 g/mol. The molecule has 182 valence electrons. The number of benzene rings is 1. The summed E-state index contributed by atoms with van der Waals surface area (Å²) in [5, 5.41) is 0.592. The summed E-state index contributed by atoms with van der Waals surface area (Å²) in [6, 6.07) is 8.18. The van der Waals surface area contributed by atoms with Crippen molar-refractivity contribution in [2.75, 3.05) is 0 Å². The van der Waals surface area contributed by atoms with E-state index >= 15 is 0 Å². The van der Waals surface area contributed by atoms with E-state index in [4.69, 9.17) is 11.5 Å². The molecule has 1 unspecified atom stereocenters. The van der Waals surface area contributed by atoms with Crippen LogP contribution in [0.15, 0.2) is 53.6 Å². The molecule has 1 saturated carbocycles. The van der Waals surface area contributed by atoms with Crippen LogP contribution in [0.4, 0.5) is 8.78 Å².